The molecule has 0 unspecified atom stereocenters. The smallest absolute Gasteiger partial charge is 0.326 e. The van der Waals surface area contributed by atoms with Crippen molar-refractivity contribution in [3.05, 3.63) is 35.4 Å². The number of carbonyl (C=O) groups excluding carboxylic acids is 3. The van der Waals surface area contributed by atoms with E-state index in [-0.39, 0.29) is 0 Å². The number of carbonyl (C=O) groups is 4. The molecule has 1 rings (SSSR count). The topological polar surface area (TPSA) is 119 Å². The molecule has 0 saturated carbocycles. The summed E-state index contributed by atoms with van der Waals surface area (Å²) >= 11 is 0. The maximum absolute atomic E-state index is 13.7. The number of nitrogens with one attached hydrogen (secondary N) is 1. The maximum atomic E-state index is 13.7. The lowest BCUT2D eigenvalue weighted by molar-refractivity contribution is -0.162. The Bertz CT molecular complexity index is 707. The van der Waals surface area contributed by atoms with Crippen LogP contribution in [0, 0.1) is 23.5 Å². The molecule has 0 saturated heterocycles. The van der Waals surface area contributed by atoms with Gasteiger partial charge in [0.15, 0.2) is 17.6 Å². The molecular weight excluding hydrogens is 356 g/mol. The number of methoxy groups -OCH3 is 2. The van der Waals surface area contributed by atoms with Gasteiger partial charge in [0.1, 0.15) is 6.04 Å². The van der Waals surface area contributed by atoms with Crippen LogP contribution in [0.4, 0.5) is 8.78 Å². The van der Waals surface area contributed by atoms with Crippen LogP contribution in [0.15, 0.2) is 18.2 Å². The third-order valence-electron chi connectivity index (χ3n) is 3.71. The predicted octanol–water partition coefficient (Wildman–Crippen LogP) is 0.746. The van der Waals surface area contributed by atoms with Gasteiger partial charge >= 0.3 is 17.9 Å². The van der Waals surface area contributed by atoms with E-state index in [1.54, 1.807) is 0 Å². The zero-order chi connectivity index (χ0) is 20.0. The van der Waals surface area contributed by atoms with Gasteiger partial charge in [-0.3, -0.25) is 14.4 Å². The highest BCUT2D eigenvalue weighted by Crippen LogP contribution is 2.21. The van der Waals surface area contributed by atoms with Crippen LogP contribution in [-0.2, 0) is 23.9 Å². The van der Waals surface area contributed by atoms with E-state index in [0.29, 0.717) is 0 Å². The summed E-state index contributed by atoms with van der Waals surface area (Å²) < 4.78 is 35.8. The number of ether oxygens (including phenoxy) is 2. The minimum absolute atomic E-state index is 0.726. The fourth-order valence-corrected chi connectivity index (χ4v) is 2.29. The lowest BCUT2D eigenvalue weighted by atomic mass is 9.87. The Balaban J connectivity index is 3.16. The number of aliphatic carboxylic acids is 1. The van der Waals surface area contributed by atoms with Crippen LogP contribution in [0.25, 0.3) is 0 Å². The number of amides is 1. The predicted molar refractivity (Wildman–Crippen MR) is 81.9 cm³/mol. The molecule has 0 aliphatic carbocycles. The summed E-state index contributed by atoms with van der Waals surface area (Å²) in [6.45, 7) is 1.19. The molecule has 0 aromatic heterocycles. The molecule has 1 aromatic carbocycles. The summed E-state index contributed by atoms with van der Waals surface area (Å²) in [5, 5.41) is 11.3. The molecule has 1 amide bonds. The maximum Gasteiger partial charge on any atom is 0.326 e. The fraction of sp³-hybridized carbons (Fsp3) is 0.375. The fourth-order valence-electron chi connectivity index (χ4n) is 2.29. The van der Waals surface area contributed by atoms with Crippen LogP contribution in [-0.4, -0.2) is 49.2 Å². The summed E-state index contributed by atoms with van der Waals surface area (Å²) in [4.78, 5) is 47.2. The summed E-state index contributed by atoms with van der Waals surface area (Å²) in [5.74, 6) is -10.7. The van der Waals surface area contributed by atoms with E-state index in [1.807, 2.05) is 5.32 Å². The van der Waals surface area contributed by atoms with Gasteiger partial charge in [0.2, 0.25) is 0 Å². The molecule has 26 heavy (non-hydrogen) atoms. The molecule has 0 aliphatic heterocycles. The van der Waals surface area contributed by atoms with E-state index in [1.165, 1.54) is 6.92 Å². The average molecular weight is 373 g/mol. The van der Waals surface area contributed by atoms with E-state index in [4.69, 9.17) is 0 Å². The largest absolute Gasteiger partial charge is 0.480 e. The minimum atomic E-state index is -1.78. The molecule has 0 heterocycles. The highest BCUT2D eigenvalue weighted by Gasteiger charge is 2.42. The Hall–Kier alpha value is -3.04. The van der Waals surface area contributed by atoms with Crippen LogP contribution < -0.4 is 5.32 Å². The Kier molecular flexibility index (Phi) is 7.17. The zero-order valence-corrected chi connectivity index (χ0v) is 14.1. The highest BCUT2D eigenvalue weighted by atomic mass is 19.2. The molecule has 2 N–H and O–H groups in total. The van der Waals surface area contributed by atoms with E-state index in [9.17, 15) is 33.1 Å². The number of carboxylic acids is 1. The molecule has 142 valence electrons. The highest BCUT2D eigenvalue weighted by molar-refractivity contribution is 5.99. The van der Waals surface area contributed by atoms with Crippen molar-refractivity contribution >= 4 is 23.8 Å². The van der Waals surface area contributed by atoms with Gasteiger partial charge in [-0.1, -0.05) is 13.0 Å². The molecular formula is C16H17F2NO7. The van der Waals surface area contributed by atoms with Crippen molar-refractivity contribution in [3.63, 3.8) is 0 Å². The third kappa shape index (κ3) is 4.52. The van der Waals surface area contributed by atoms with Gasteiger partial charge in [-0.25, -0.2) is 13.6 Å². The monoisotopic (exact) mass is 373 g/mol. The van der Waals surface area contributed by atoms with Crippen LogP contribution in [0.1, 0.15) is 17.3 Å². The Morgan fingerprint density at radius 2 is 1.62 bits per heavy atom. The van der Waals surface area contributed by atoms with E-state index in [0.717, 1.165) is 32.4 Å². The van der Waals surface area contributed by atoms with Crippen molar-refractivity contribution in [2.24, 2.45) is 11.8 Å². The van der Waals surface area contributed by atoms with Crippen molar-refractivity contribution < 1.29 is 42.5 Å². The van der Waals surface area contributed by atoms with Gasteiger partial charge in [-0.05, 0) is 12.1 Å². The quantitative estimate of drug-likeness (QED) is 0.535. The molecule has 0 fully saturated rings. The van der Waals surface area contributed by atoms with Crippen LogP contribution >= 0.6 is 0 Å². The van der Waals surface area contributed by atoms with Crippen molar-refractivity contribution in [2.75, 3.05) is 14.2 Å². The van der Waals surface area contributed by atoms with Crippen molar-refractivity contribution in [1.29, 1.82) is 0 Å². The molecule has 0 aliphatic rings. The molecule has 0 bridgehead atoms. The van der Waals surface area contributed by atoms with Crippen LogP contribution in [0.3, 0.4) is 0 Å². The molecule has 0 radical (unpaired) electrons. The average Bonchev–Trinajstić information content (AvgIpc) is 2.60. The number of hydrogen-bond donors (Lipinski definition) is 2. The molecule has 1 aromatic rings. The summed E-state index contributed by atoms with van der Waals surface area (Å²) in [6, 6.07) is 1.02. The number of esters is 2. The van der Waals surface area contributed by atoms with Gasteiger partial charge in [0.25, 0.3) is 5.91 Å². The number of hydrogen-bond acceptors (Lipinski definition) is 6. The first kappa shape index (κ1) is 21.0. The summed E-state index contributed by atoms with van der Waals surface area (Å²) in [6.07, 6.45) is 0. The number of halogens is 2. The summed E-state index contributed by atoms with van der Waals surface area (Å²) in [7, 11) is 1.98. The molecule has 10 heteroatoms. The minimum Gasteiger partial charge on any atom is -0.480 e. The van der Waals surface area contributed by atoms with Gasteiger partial charge in [-0.15, -0.1) is 0 Å². The number of benzene rings is 1. The Labute approximate surface area is 147 Å². The zero-order valence-electron chi connectivity index (χ0n) is 14.1. The third-order valence-corrected chi connectivity index (χ3v) is 3.71. The van der Waals surface area contributed by atoms with Gasteiger partial charge in [0.05, 0.1) is 19.8 Å². The first-order valence-electron chi connectivity index (χ1n) is 7.29. The van der Waals surface area contributed by atoms with Crippen molar-refractivity contribution in [1.82, 2.24) is 5.32 Å². The standard InChI is InChI=1S/C16H17F2NO7/c1-7(10(15(23)25-2)16(24)26-3)12(14(21)22)19-13(20)8-5-4-6-9(17)11(8)18/h4-7,10,12H,1-3H3,(H,19,20)(H,21,22)/t7-,12-/m1/s1. The van der Waals surface area contributed by atoms with E-state index >= 15 is 0 Å². The first-order valence-corrected chi connectivity index (χ1v) is 7.29. The Morgan fingerprint density at radius 1 is 1.08 bits per heavy atom. The second kappa shape index (κ2) is 8.88. The SMILES string of the molecule is COC(=O)C(C(=O)OC)[C@@H](C)[C@@H](NC(=O)c1cccc(F)c1F)C(=O)O. The first-order chi connectivity index (χ1) is 12.1. The summed E-state index contributed by atoms with van der Waals surface area (Å²) in [5.41, 5.74) is -0.726. The van der Waals surface area contributed by atoms with Crippen molar-refractivity contribution in [2.45, 2.75) is 13.0 Å². The normalized spacial score (nSPS) is 12.8. The van der Waals surface area contributed by atoms with E-state index < -0.39 is 58.9 Å². The molecule has 8 nitrogen and oxygen atoms in total. The van der Waals surface area contributed by atoms with Gasteiger partial charge < -0.3 is 19.9 Å². The lowest BCUT2D eigenvalue weighted by Crippen LogP contribution is -2.50. The second-order valence-electron chi connectivity index (χ2n) is 5.27. The second-order valence-corrected chi connectivity index (χ2v) is 5.27. The van der Waals surface area contributed by atoms with Crippen LogP contribution in [0.5, 0.6) is 0 Å². The number of rotatable bonds is 7. The molecule has 2 atom stereocenters. The van der Waals surface area contributed by atoms with Gasteiger partial charge in [-0.2, -0.15) is 0 Å². The van der Waals surface area contributed by atoms with Gasteiger partial charge in [0, 0.05) is 5.92 Å². The van der Waals surface area contributed by atoms with Crippen LogP contribution in [0.2, 0.25) is 0 Å². The van der Waals surface area contributed by atoms with E-state index in [2.05, 4.69) is 9.47 Å². The van der Waals surface area contributed by atoms with Crippen molar-refractivity contribution in [3.8, 4) is 0 Å². The number of carboxylic acid groups (broad SMARTS) is 1. The Morgan fingerprint density at radius 3 is 2.08 bits per heavy atom. The lowest BCUT2D eigenvalue weighted by Gasteiger charge is -2.26. The molecule has 0 spiro atoms.